The molecular weight excluding hydrogens is 383 g/mol. The Kier molecular flexibility index (Phi) is 4.88. The lowest BCUT2D eigenvalue weighted by Gasteiger charge is -2.31. The van der Waals surface area contributed by atoms with E-state index in [0.717, 1.165) is 12.1 Å². The molecule has 0 bridgehead atoms. The predicted molar refractivity (Wildman–Crippen MR) is 91.1 cm³/mol. The molecule has 0 amide bonds. The van der Waals surface area contributed by atoms with Gasteiger partial charge >= 0.3 is 0 Å². The van der Waals surface area contributed by atoms with Crippen LogP contribution in [0.3, 0.4) is 0 Å². The molecule has 0 saturated carbocycles. The minimum atomic E-state index is -3.80. The van der Waals surface area contributed by atoms with Gasteiger partial charge in [0.15, 0.2) is 0 Å². The van der Waals surface area contributed by atoms with Gasteiger partial charge in [-0.1, -0.05) is 0 Å². The molecule has 3 rings (SSSR count). The molecule has 26 heavy (non-hydrogen) atoms. The second-order valence-corrected chi connectivity index (χ2v) is 10.3. The normalized spacial score (nSPS) is 17.5. The van der Waals surface area contributed by atoms with Gasteiger partial charge in [0.2, 0.25) is 25.0 Å². The van der Waals surface area contributed by atoms with Gasteiger partial charge in [-0.15, -0.1) is 10.2 Å². The first-order valence-electron chi connectivity index (χ1n) is 7.98. The number of sulfone groups is 1. The van der Waals surface area contributed by atoms with Crippen LogP contribution < -0.4 is 0 Å². The molecule has 1 aliphatic rings. The van der Waals surface area contributed by atoms with Crippen LogP contribution in [0.5, 0.6) is 0 Å². The number of sulfonamides is 1. The summed E-state index contributed by atoms with van der Waals surface area (Å²) in [7, 11) is -5.93. The number of aryl methyl sites for hydroxylation is 2. The maximum atomic E-state index is 13.2. The first-order valence-corrected chi connectivity index (χ1v) is 11.0. The van der Waals surface area contributed by atoms with Crippen LogP contribution in [0.25, 0.3) is 0 Å². The molecule has 0 unspecified atom stereocenters. The quantitative estimate of drug-likeness (QED) is 0.753. The largest absolute Gasteiger partial charge is 0.308 e. The lowest BCUT2D eigenvalue weighted by molar-refractivity contribution is 0.344. The smallest absolute Gasteiger partial charge is 0.249 e. The van der Waals surface area contributed by atoms with Crippen LogP contribution in [0.4, 0.5) is 4.39 Å². The molecule has 1 saturated heterocycles. The van der Waals surface area contributed by atoms with Crippen LogP contribution in [0.1, 0.15) is 18.4 Å². The Bertz CT molecular complexity index is 1030. The summed E-state index contributed by atoms with van der Waals surface area (Å²) in [6.45, 7) is 1.67. The number of rotatable bonds is 4. The van der Waals surface area contributed by atoms with E-state index in [1.165, 1.54) is 28.2 Å². The third kappa shape index (κ3) is 3.26. The molecule has 0 atom stereocenters. The summed E-state index contributed by atoms with van der Waals surface area (Å²) in [5.41, 5.74) is 0.318. The summed E-state index contributed by atoms with van der Waals surface area (Å²) in [6.07, 6.45) is 1.63. The first-order chi connectivity index (χ1) is 12.1. The lowest BCUT2D eigenvalue weighted by Crippen LogP contribution is -2.43. The Hall–Kier alpha value is -1.85. The van der Waals surface area contributed by atoms with Crippen molar-refractivity contribution in [3.8, 4) is 0 Å². The third-order valence-electron chi connectivity index (χ3n) is 4.52. The molecular formula is C15H19FN4O4S2. The van der Waals surface area contributed by atoms with E-state index in [9.17, 15) is 21.2 Å². The molecule has 1 aliphatic heterocycles. The second kappa shape index (κ2) is 6.71. The van der Waals surface area contributed by atoms with E-state index in [0.29, 0.717) is 5.56 Å². The lowest BCUT2D eigenvalue weighted by atomic mass is 10.2. The molecule has 8 nitrogen and oxygen atoms in total. The first kappa shape index (κ1) is 18.9. The standard InChI is InChI=1S/C15H19FN4O4S2/c1-11-9-12(16)3-4-14(11)26(23,24)20-7-5-13(6-8-20)25(21,22)15-18-17-10-19(15)2/h3-4,9-10,13H,5-8H2,1-2H3. The monoisotopic (exact) mass is 402 g/mol. The Balaban J connectivity index is 1.79. The third-order valence-corrected chi connectivity index (χ3v) is 8.81. The molecule has 0 radical (unpaired) electrons. The number of hydrogen-bond acceptors (Lipinski definition) is 6. The van der Waals surface area contributed by atoms with Gasteiger partial charge in [-0.25, -0.2) is 21.2 Å². The maximum absolute atomic E-state index is 13.2. The van der Waals surface area contributed by atoms with Crippen LogP contribution in [-0.2, 0) is 26.9 Å². The molecule has 11 heteroatoms. The van der Waals surface area contributed by atoms with Crippen molar-refractivity contribution in [3.63, 3.8) is 0 Å². The molecule has 1 aromatic carbocycles. The van der Waals surface area contributed by atoms with Crippen LogP contribution in [0.2, 0.25) is 0 Å². The Morgan fingerprint density at radius 2 is 1.81 bits per heavy atom. The summed E-state index contributed by atoms with van der Waals surface area (Å²) < 4.78 is 66.7. The van der Waals surface area contributed by atoms with Gasteiger partial charge in [-0.2, -0.15) is 4.31 Å². The molecule has 1 aromatic heterocycles. The van der Waals surface area contributed by atoms with Crippen molar-refractivity contribution in [3.05, 3.63) is 35.9 Å². The number of piperidine rings is 1. The number of hydrogen-bond donors (Lipinski definition) is 0. The van der Waals surface area contributed by atoms with E-state index in [1.54, 1.807) is 7.05 Å². The highest BCUT2D eigenvalue weighted by Gasteiger charge is 2.38. The molecule has 2 heterocycles. The van der Waals surface area contributed by atoms with Crippen molar-refractivity contribution in [2.75, 3.05) is 13.1 Å². The summed E-state index contributed by atoms with van der Waals surface area (Å²) >= 11 is 0. The number of nitrogens with zero attached hydrogens (tertiary/aromatic N) is 4. The van der Waals surface area contributed by atoms with E-state index < -0.39 is 30.9 Å². The average molecular weight is 402 g/mol. The molecule has 0 spiro atoms. The maximum Gasteiger partial charge on any atom is 0.249 e. The topological polar surface area (TPSA) is 102 Å². The van der Waals surface area contributed by atoms with Crippen molar-refractivity contribution < 1.29 is 21.2 Å². The van der Waals surface area contributed by atoms with Crippen LogP contribution in [-0.4, -0.2) is 54.2 Å². The van der Waals surface area contributed by atoms with Crippen molar-refractivity contribution in [1.29, 1.82) is 0 Å². The fourth-order valence-corrected chi connectivity index (χ4v) is 6.52. The highest BCUT2D eigenvalue weighted by molar-refractivity contribution is 7.92. The van der Waals surface area contributed by atoms with Gasteiger partial charge in [0.1, 0.15) is 12.1 Å². The van der Waals surface area contributed by atoms with Crippen molar-refractivity contribution >= 4 is 19.9 Å². The number of aromatic nitrogens is 3. The highest BCUT2D eigenvalue weighted by Crippen LogP contribution is 2.28. The zero-order chi connectivity index (χ0) is 19.1. The van der Waals surface area contributed by atoms with E-state index in [-0.39, 0.29) is 36.0 Å². The van der Waals surface area contributed by atoms with Gasteiger partial charge in [0.05, 0.1) is 10.1 Å². The van der Waals surface area contributed by atoms with Crippen LogP contribution in [0, 0.1) is 12.7 Å². The van der Waals surface area contributed by atoms with Crippen molar-refractivity contribution in [2.24, 2.45) is 7.05 Å². The Morgan fingerprint density at radius 3 is 2.35 bits per heavy atom. The molecule has 1 fully saturated rings. The predicted octanol–water partition coefficient (Wildman–Crippen LogP) is 0.890. The Labute approximate surface area is 151 Å². The molecule has 0 aliphatic carbocycles. The highest BCUT2D eigenvalue weighted by atomic mass is 32.2. The number of halogens is 1. The van der Waals surface area contributed by atoms with Gasteiger partial charge < -0.3 is 4.57 Å². The zero-order valence-corrected chi connectivity index (χ0v) is 16.0. The summed E-state index contributed by atoms with van der Waals surface area (Å²) in [5, 5.41) is 6.41. The van der Waals surface area contributed by atoms with E-state index >= 15 is 0 Å². The Morgan fingerprint density at radius 1 is 1.15 bits per heavy atom. The summed E-state index contributed by atoms with van der Waals surface area (Å²) in [5.74, 6) is -0.505. The van der Waals surface area contributed by atoms with Crippen molar-refractivity contribution in [1.82, 2.24) is 19.1 Å². The molecule has 142 valence electrons. The SMILES string of the molecule is Cc1cc(F)ccc1S(=O)(=O)N1CCC(S(=O)(=O)c2nncn2C)CC1. The van der Waals surface area contributed by atoms with E-state index in [2.05, 4.69) is 10.2 Å². The average Bonchev–Trinajstić information content (AvgIpc) is 3.01. The summed E-state index contributed by atoms with van der Waals surface area (Å²) in [4.78, 5) is 0.0357. The molecule has 2 aromatic rings. The number of benzene rings is 1. The van der Waals surface area contributed by atoms with Crippen LogP contribution >= 0.6 is 0 Å². The van der Waals surface area contributed by atoms with E-state index in [4.69, 9.17) is 0 Å². The van der Waals surface area contributed by atoms with Gasteiger partial charge in [-0.3, -0.25) is 0 Å². The van der Waals surface area contributed by atoms with Crippen LogP contribution in [0.15, 0.2) is 34.6 Å². The fraction of sp³-hybridized carbons (Fsp3) is 0.467. The van der Waals surface area contributed by atoms with Gasteiger partial charge in [0.25, 0.3) is 0 Å². The molecule has 0 N–H and O–H groups in total. The van der Waals surface area contributed by atoms with Gasteiger partial charge in [-0.05, 0) is 43.5 Å². The minimum absolute atomic E-state index is 0.0357. The van der Waals surface area contributed by atoms with E-state index in [1.807, 2.05) is 0 Å². The minimum Gasteiger partial charge on any atom is -0.308 e. The fourth-order valence-electron chi connectivity index (χ4n) is 3.10. The zero-order valence-electron chi connectivity index (χ0n) is 14.3. The van der Waals surface area contributed by atoms with Crippen molar-refractivity contribution in [2.45, 2.75) is 35.1 Å². The second-order valence-electron chi connectivity index (χ2n) is 6.28. The summed E-state index contributed by atoms with van der Waals surface area (Å²) in [6, 6.07) is 3.51. The van der Waals surface area contributed by atoms with Gasteiger partial charge in [0, 0.05) is 20.1 Å².